The van der Waals surface area contributed by atoms with Gasteiger partial charge in [-0.15, -0.1) is 0 Å². The van der Waals surface area contributed by atoms with Gasteiger partial charge in [-0.25, -0.2) is 4.98 Å². The molecule has 4 fully saturated rings. The molecule has 1 heterocycles. The average molecular weight is 323 g/mol. The van der Waals surface area contributed by atoms with Crippen molar-refractivity contribution >= 4 is 16.9 Å². The summed E-state index contributed by atoms with van der Waals surface area (Å²) in [6.07, 6.45) is 7.43. The van der Waals surface area contributed by atoms with Gasteiger partial charge in [0.25, 0.3) is 0 Å². The molecule has 1 atom stereocenters. The van der Waals surface area contributed by atoms with Gasteiger partial charge in [-0.3, -0.25) is 4.79 Å². The van der Waals surface area contributed by atoms with Crippen molar-refractivity contribution in [2.45, 2.75) is 51.5 Å². The van der Waals surface area contributed by atoms with Crippen molar-refractivity contribution in [3.63, 3.8) is 0 Å². The molecule has 4 aliphatic rings. The highest BCUT2D eigenvalue weighted by molar-refractivity contribution is 5.83. The molecule has 1 aromatic heterocycles. The van der Waals surface area contributed by atoms with Crippen LogP contribution >= 0.6 is 0 Å². The first kappa shape index (κ1) is 14.5. The van der Waals surface area contributed by atoms with E-state index in [0.717, 1.165) is 53.9 Å². The van der Waals surface area contributed by atoms with Crippen LogP contribution in [0.4, 0.5) is 0 Å². The summed E-state index contributed by atoms with van der Waals surface area (Å²) in [5, 5.41) is 3.28. The van der Waals surface area contributed by atoms with E-state index < -0.39 is 0 Å². The lowest BCUT2D eigenvalue weighted by molar-refractivity contribution is -0.147. The van der Waals surface area contributed by atoms with Crippen LogP contribution < -0.4 is 5.32 Å². The lowest BCUT2D eigenvalue weighted by Crippen LogP contribution is -2.53. The Balaban J connectivity index is 1.36. The standard InChI is InChI=1S/C20H25N3O/c1-12(18-22-16-4-2-3-5-17(16)23-18)21-19(24)20-9-13-6-14(10-20)8-15(7-13)11-20/h2-5,12-15H,6-11H2,1H3,(H,21,24)(H,22,23)/t12-,13?,14?,15?,20?/m0/s1. The Morgan fingerprint density at radius 2 is 1.79 bits per heavy atom. The molecule has 1 amide bonds. The van der Waals surface area contributed by atoms with E-state index in [1.165, 1.54) is 19.3 Å². The van der Waals surface area contributed by atoms with E-state index in [1.54, 1.807) is 0 Å². The largest absolute Gasteiger partial charge is 0.346 e. The number of para-hydroxylation sites is 2. The first-order valence-electron chi connectivity index (χ1n) is 9.37. The summed E-state index contributed by atoms with van der Waals surface area (Å²) >= 11 is 0. The molecule has 126 valence electrons. The summed E-state index contributed by atoms with van der Waals surface area (Å²) in [5.41, 5.74) is 1.90. The molecule has 24 heavy (non-hydrogen) atoms. The summed E-state index contributed by atoms with van der Waals surface area (Å²) < 4.78 is 0. The molecule has 4 bridgehead atoms. The van der Waals surface area contributed by atoms with Gasteiger partial charge in [0.15, 0.2) is 0 Å². The molecule has 2 aromatic rings. The van der Waals surface area contributed by atoms with Crippen LogP contribution in [0.25, 0.3) is 11.0 Å². The summed E-state index contributed by atoms with van der Waals surface area (Å²) in [6, 6.07) is 7.95. The van der Waals surface area contributed by atoms with E-state index in [-0.39, 0.29) is 17.4 Å². The number of aromatic nitrogens is 2. The quantitative estimate of drug-likeness (QED) is 0.898. The fourth-order valence-corrected chi connectivity index (χ4v) is 5.98. The predicted molar refractivity (Wildman–Crippen MR) is 93.3 cm³/mol. The van der Waals surface area contributed by atoms with E-state index in [2.05, 4.69) is 15.3 Å². The lowest BCUT2D eigenvalue weighted by Gasteiger charge is -2.55. The van der Waals surface area contributed by atoms with Crippen molar-refractivity contribution in [1.82, 2.24) is 15.3 Å². The molecule has 2 N–H and O–H groups in total. The number of nitrogens with one attached hydrogen (secondary N) is 2. The average Bonchev–Trinajstić information content (AvgIpc) is 2.97. The molecule has 4 aliphatic carbocycles. The third-order valence-corrected chi connectivity index (χ3v) is 6.69. The fraction of sp³-hybridized carbons (Fsp3) is 0.600. The minimum atomic E-state index is -0.0883. The van der Waals surface area contributed by atoms with E-state index in [9.17, 15) is 4.79 Å². The maximum absolute atomic E-state index is 13.1. The van der Waals surface area contributed by atoms with Crippen LogP contribution in [-0.2, 0) is 4.79 Å². The Kier molecular flexibility index (Phi) is 3.07. The van der Waals surface area contributed by atoms with Gasteiger partial charge < -0.3 is 10.3 Å². The summed E-state index contributed by atoms with van der Waals surface area (Å²) in [4.78, 5) is 21.1. The molecule has 4 heteroatoms. The maximum Gasteiger partial charge on any atom is 0.226 e. The molecule has 1 aromatic carbocycles. The number of carbonyl (C=O) groups excluding carboxylic acids is 1. The summed E-state index contributed by atoms with van der Waals surface area (Å²) in [5.74, 6) is 3.51. The number of aromatic amines is 1. The normalized spacial score (nSPS) is 35.3. The van der Waals surface area contributed by atoms with Crippen molar-refractivity contribution in [2.75, 3.05) is 0 Å². The van der Waals surface area contributed by atoms with Crippen LogP contribution in [0.2, 0.25) is 0 Å². The van der Waals surface area contributed by atoms with E-state index >= 15 is 0 Å². The second-order valence-corrected chi connectivity index (χ2v) is 8.53. The van der Waals surface area contributed by atoms with Crippen molar-refractivity contribution in [3.05, 3.63) is 30.1 Å². The van der Waals surface area contributed by atoms with Gasteiger partial charge in [0, 0.05) is 5.41 Å². The van der Waals surface area contributed by atoms with Crippen molar-refractivity contribution in [2.24, 2.45) is 23.2 Å². The summed E-state index contributed by atoms with van der Waals surface area (Å²) in [6.45, 7) is 2.04. The molecule has 0 radical (unpaired) electrons. The number of carbonyl (C=O) groups is 1. The fourth-order valence-electron chi connectivity index (χ4n) is 5.98. The smallest absolute Gasteiger partial charge is 0.226 e. The van der Waals surface area contributed by atoms with Gasteiger partial charge in [0.05, 0.1) is 17.1 Å². The van der Waals surface area contributed by atoms with Crippen LogP contribution in [0.3, 0.4) is 0 Å². The molecule has 0 unspecified atom stereocenters. The number of fused-ring (bicyclic) bond motifs is 1. The van der Waals surface area contributed by atoms with E-state index in [1.807, 2.05) is 31.2 Å². The van der Waals surface area contributed by atoms with Gasteiger partial charge in [0.1, 0.15) is 5.82 Å². The van der Waals surface area contributed by atoms with Gasteiger partial charge in [0.2, 0.25) is 5.91 Å². The number of hydrogen-bond acceptors (Lipinski definition) is 2. The Hall–Kier alpha value is -1.84. The minimum absolute atomic E-state index is 0.0714. The molecular formula is C20H25N3O. The predicted octanol–water partition coefficient (Wildman–Crippen LogP) is 3.96. The SMILES string of the molecule is C[C@H](NC(=O)C12CC3CC(CC(C3)C1)C2)c1nc2ccccc2[nH]1. The molecule has 0 spiro atoms. The van der Waals surface area contributed by atoms with Gasteiger partial charge >= 0.3 is 0 Å². The van der Waals surface area contributed by atoms with Crippen LogP contribution in [0.1, 0.15) is 57.3 Å². The maximum atomic E-state index is 13.1. The zero-order valence-corrected chi connectivity index (χ0v) is 14.2. The van der Waals surface area contributed by atoms with Gasteiger partial charge in [-0.2, -0.15) is 0 Å². The van der Waals surface area contributed by atoms with Crippen LogP contribution in [-0.4, -0.2) is 15.9 Å². The van der Waals surface area contributed by atoms with E-state index in [4.69, 9.17) is 0 Å². The second-order valence-electron chi connectivity index (χ2n) is 8.53. The van der Waals surface area contributed by atoms with Crippen molar-refractivity contribution < 1.29 is 4.79 Å². The first-order valence-corrected chi connectivity index (χ1v) is 9.37. The first-order chi connectivity index (χ1) is 11.6. The van der Waals surface area contributed by atoms with Gasteiger partial charge in [-0.1, -0.05) is 12.1 Å². The topological polar surface area (TPSA) is 57.8 Å². The minimum Gasteiger partial charge on any atom is -0.346 e. The number of H-pyrrole nitrogens is 1. The van der Waals surface area contributed by atoms with Crippen molar-refractivity contribution in [3.8, 4) is 0 Å². The number of nitrogens with zero attached hydrogens (tertiary/aromatic N) is 1. The highest BCUT2D eigenvalue weighted by atomic mass is 16.2. The Labute approximate surface area is 142 Å². The lowest BCUT2D eigenvalue weighted by atomic mass is 9.49. The number of imidazole rings is 1. The van der Waals surface area contributed by atoms with Crippen LogP contribution in [0.15, 0.2) is 24.3 Å². The Bertz CT molecular complexity index is 725. The van der Waals surface area contributed by atoms with Crippen LogP contribution in [0.5, 0.6) is 0 Å². The van der Waals surface area contributed by atoms with Crippen LogP contribution in [0, 0.1) is 23.2 Å². The zero-order valence-electron chi connectivity index (χ0n) is 14.2. The highest BCUT2D eigenvalue weighted by Crippen LogP contribution is 2.60. The monoisotopic (exact) mass is 323 g/mol. The number of benzene rings is 1. The Morgan fingerprint density at radius 1 is 1.17 bits per heavy atom. The number of amides is 1. The number of rotatable bonds is 3. The molecule has 4 saturated carbocycles. The molecule has 0 saturated heterocycles. The Morgan fingerprint density at radius 3 is 2.42 bits per heavy atom. The third-order valence-electron chi connectivity index (χ3n) is 6.69. The van der Waals surface area contributed by atoms with Gasteiger partial charge in [-0.05, 0) is 75.3 Å². The highest BCUT2D eigenvalue weighted by Gasteiger charge is 2.54. The molecule has 0 aliphatic heterocycles. The van der Waals surface area contributed by atoms with Crippen molar-refractivity contribution in [1.29, 1.82) is 0 Å². The molecular weight excluding hydrogens is 298 g/mol. The zero-order chi connectivity index (χ0) is 16.3. The number of hydrogen-bond donors (Lipinski definition) is 2. The summed E-state index contributed by atoms with van der Waals surface area (Å²) in [7, 11) is 0. The second kappa shape index (κ2) is 5.08. The molecule has 6 rings (SSSR count). The van der Waals surface area contributed by atoms with E-state index in [0.29, 0.717) is 0 Å². The molecule has 4 nitrogen and oxygen atoms in total. The third kappa shape index (κ3) is 2.19.